The van der Waals surface area contributed by atoms with E-state index in [-0.39, 0.29) is 5.91 Å². The Morgan fingerprint density at radius 2 is 2.18 bits per heavy atom. The van der Waals surface area contributed by atoms with Crippen molar-refractivity contribution in [2.75, 3.05) is 33.2 Å². The molecule has 1 saturated heterocycles. The molecule has 1 amide bonds. The molecular formula is C13H25N3O. The highest BCUT2D eigenvalue weighted by Crippen LogP contribution is 2.18. The third kappa shape index (κ3) is 5.04. The lowest BCUT2D eigenvalue weighted by Gasteiger charge is -2.29. The Kier molecular flexibility index (Phi) is 4.80. The van der Waals surface area contributed by atoms with Crippen LogP contribution in [0.3, 0.4) is 0 Å². The predicted molar refractivity (Wildman–Crippen MR) is 68.9 cm³/mol. The lowest BCUT2D eigenvalue weighted by atomic mass is 9.98. The van der Waals surface area contributed by atoms with Gasteiger partial charge in [-0.3, -0.25) is 4.79 Å². The number of hydrogen-bond acceptors (Lipinski definition) is 3. The van der Waals surface area contributed by atoms with Crippen molar-refractivity contribution in [3.8, 4) is 0 Å². The maximum Gasteiger partial charge on any atom is 0.221 e. The largest absolute Gasteiger partial charge is 0.353 e. The summed E-state index contributed by atoms with van der Waals surface area (Å²) in [6.07, 6.45) is 5.61. The Morgan fingerprint density at radius 1 is 1.35 bits per heavy atom. The summed E-state index contributed by atoms with van der Waals surface area (Å²) in [6.45, 7) is 4.31. The number of piperidine rings is 1. The molecule has 1 saturated carbocycles. The molecule has 1 aliphatic heterocycles. The summed E-state index contributed by atoms with van der Waals surface area (Å²) in [4.78, 5) is 13.8. The molecule has 4 nitrogen and oxygen atoms in total. The zero-order valence-corrected chi connectivity index (χ0v) is 10.9. The van der Waals surface area contributed by atoms with Crippen LogP contribution in [0.15, 0.2) is 0 Å². The molecule has 98 valence electrons. The number of likely N-dealkylation sites (tertiary alicyclic amines) is 1. The minimum absolute atomic E-state index is 0.209. The van der Waals surface area contributed by atoms with Crippen molar-refractivity contribution in [3.63, 3.8) is 0 Å². The SMILES string of the molecule is CN1CCCC(CNCCC(=O)NC2CC2)C1. The highest BCUT2D eigenvalue weighted by atomic mass is 16.1. The lowest BCUT2D eigenvalue weighted by Crippen LogP contribution is -2.38. The molecule has 2 fully saturated rings. The van der Waals surface area contributed by atoms with Gasteiger partial charge in [0.25, 0.3) is 0 Å². The van der Waals surface area contributed by atoms with Crippen molar-refractivity contribution in [1.82, 2.24) is 15.5 Å². The molecule has 1 atom stereocenters. The van der Waals surface area contributed by atoms with Crippen molar-refractivity contribution >= 4 is 5.91 Å². The zero-order chi connectivity index (χ0) is 12.1. The summed E-state index contributed by atoms with van der Waals surface area (Å²) in [7, 11) is 2.19. The summed E-state index contributed by atoms with van der Waals surface area (Å²) in [5.41, 5.74) is 0. The van der Waals surface area contributed by atoms with Gasteiger partial charge in [0.05, 0.1) is 0 Å². The van der Waals surface area contributed by atoms with E-state index in [9.17, 15) is 4.79 Å². The van der Waals surface area contributed by atoms with E-state index < -0.39 is 0 Å². The van der Waals surface area contributed by atoms with Crippen molar-refractivity contribution in [2.45, 2.75) is 38.1 Å². The molecule has 0 aromatic carbocycles. The smallest absolute Gasteiger partial charge is 0.221 e. The minimum atomic E-state index is 0.209. The van der Waals surface area contributed by atoms with Crippen LogP contribution in [0.4, 0.5) is 0 Å². The van der Waals surface area contributed by atoms with Crippen molar-refractivity contribution in [1.29, 1.82) is 0 Å². The van der Waals surface area contributed by atoms with Crippen LogP contribution in [0.5, 0.6) is 0 Å². The summed E-state index contributed by atoms with van der Waals surface area (Å²) in [5, 5.41) is 6.42. The molecule has 0 aromatic rings. The van der Waals surface area contributed by atoms with E-state index in [1.807, 2.05) is 0 Å². The highest BCUT2D eigenvalue weighted by Gasteiger charge is 2.22. The van der Waals surface area contributed by atoms with Crippen molar-refractivity contribution < 1.29 is 4.79 Å². The molecule has 1 unspecified atom stereocenters. The first-order valence-electron chi connectivity index (χ1n) is 6.92. The van der Waals surface area contributed by atoms with E-state index in [0.29, 0.717) is 12.5 Å². The molecule has 1 heterocycles. The number of nitrogens with zero attached hydrogens (tertiary/aromatic N) is 1. The van der Waals surface area contributed by atoms with Crippen LogP contribution in [-0.4, -0.2) is 50.1 Å². The quantitative estimate of drug-likeness (QED) is 0.667. The molecule has 17 heavy (non-hydrogen) atoms. The normalized spacial score (nSPS) is 25.8. The fourth-order valence-electron chi connectivity index (χ4n) is 2.48. The fraction of sp³-hybridized carbons (Fsp3) is 0.923. The summed E-state index contributed by atoms with van der Waals surface area (Å²) < 4.78 is 0. The second-order valence-electron chi connectivity index (χ2n) is 5.57. The van der Waals surface area contributed by atoms with Gasteiger partial charge < -0.3 is 15.5 Å². The summed E-state index contributed by atoms with van der Waals surface area (Å²) >= 11 is 0. The Hall–Kier alpha value is -0.610. The van der Waals surface area contributed by atoms with Gasteiger partial charge in [0.15, 0.2) is 0 Å². The zero-order valence-electron chi connectivity index (χ0n) is 10.9. The number of amides is 1. The lowest BCUT2D eigenvalue weighted by molar-refractivity contribution is -0.121. The van der Waals surface area contributed by atoms with Crippen LogP contribution in [0.2, 0.25) is 0 Å². The molecule has 2 aliphatic rings. The van der Waals surface area contributed by atoms with E-state index in [1.165, 1.54) is 38.8 Å². The Balaban J connectivity index is 1.48. The average molecular weight is 239 g/mol. The van der Waals surface area contributed by atoms with Crippen LogP contribution in [-0.2, 0) is 4.79 Å². The first-order chi connectivity index (χ1) is 8.24. The highest BCUT2D eigenvalue weighted by molar-refractivity contribution is 5.76. The van der Waals surface area contributed by atoms with Crippen molar-refractivity contribution in [2.24, 2.45) is 5.92 Å². The molecule has 0 bridgehead atoms. The molecule has 1 aliphatic carbocycles. The van der Waals surface area contributed by atoms with Crippen LogP contribution in [0.25, 0.3) is 0 Å². The van der Waals surface area contributed by atoms with Crippen LogP contribution < -0.4 is 10.6 Å². The number of hydrogen-bond donors (Lipinski definition) is 2. The Labute approximate surface area is 104 Å². The van der Waals surface area contributed by atoms with Crippen molar-refractivity contribution in [3.05, 3.63) is 0 Å². The number of carbonyl (C=O) groups is 1. The molecule has 0 radical (unpaired) electrons. The number of carbonyl (C=O) groups excluding carboxylic acids is 1. The van der Waals surface area contributed by atoms with Gasteiger partial charge in [-0.25, -0.2) is 0 Å². The van der Waals surface area contributed by atoms with Gasteiger partial charge in [-0.05, 0) is 51.7 Å². The predicted octanol–water partition coefficient (Wildman–Crippen LogP) is 0.587. The molecule has 0 aromatic heterocycles. The van der Waals surface area contributed by atoms with Crippen LogP contribution in [0.1, 0.15) is 32.1 Å². The maximum atomic E-state index is 11.4. The standard InChI is InChI=1S/C13H25N3O/c1-16-8-2-3-11(10-16)9-14-7-6-13(17)15-12-4-5-12/h11-12,14H,2-10H2,1H3,(H,15,17). The maximum absolute atomic E-state index is 11.4. The molecule has 2 rings (SSSR count). The van der Waals surface area contributed by atoms with Gasteiger partial charge in [-0.2, -0.15) is 0 Å². The van der Waals surface area contributed by atoms with Gasteiger partial charge in [-0.1, -0.05) is 0 Å². The van der Waals surface area contributed by atoms with Gasteiger partial charge in [-0.15, -0.1) is 0 Å². The van der Waals surface area contributed by atoms with E-state index in [2.05, 4.69) is 22.6 Å². The van der Waals surface area contributed by atoms with E-state index in [0.717, 1.165) is 19.0 Å². The van der Waals surface area contributed by atoms with Gasteiger partial charge >= 0.3 is 0 Å². The van der Waals surface area contributed by atoms with Gasteiger partial charge in [0.2, 0.25) is 5.91 Å². The van der Waals surface area contributed by atoms with E-state index >= 15 is 0 Å². The first-order valence-corrected chi connectivity index (χ1v) is 6.92. The monoisotopic (exact) mass is 239 g/mol. The van der Waals surface area contributed by atoms with Gasteiger partial charge in [0.1, 0.15) is 0 Å². The first kappa shape index (κ1) is 12.8. The summed E-state index contributed by atoms with van der Waals surface area (Å²) in [5.74, 6) is 0.973. The fourth-order valence-corrected chi connectivity index (χ4v) is 2.48. The minimum Gasteiger partial charge on any atom is -0.353 e. The second kappa shape index (κ2) is 6.36. The Morgan fingerprint density at radius 3 is 2.88 bits per heavy atom. The van der Waals surface area contributed by atoms with E-state index in [1.54, 1.807) is 0 Å². The second-order valence-corrected chi connectivity index (χ2v) is 5.57. The average Bonchev–Trinajstić information content (AvgIpc) is 3.08. The third-order valence-corrected chi connectivity index (χ3v) is 3.63. The van der Waals surface area contributed by atoms with Crippen LogP contribution >= 0.6 is 0 Å². The molecule has 0 spiro atoms. The molecule has 2 N–H and O–H groups in total. The third-order valence-electron chi connectivity index (χ3n) is 3.63. The van der Waals surface area contributed by atoms with Crippen LogP contribution in [0, 0.1) is 5.92 Å². The van der Waals surface area contributed by atoms with E-state index in [4.69, 9.17) is 0 Å². The van der Waals surface area contributed by atoms with Gasteiger partial charge in [0, 0.05) is 25.6 Å². The molecular weight excluding hydrogens is 214 g/mol. The topological polar surface area (TPSA) is 44.4 Å². The molecule has 4 heteroatoms. The number of rotatable bonds is 6. The summed E-state index contributed by atoms with van der Waals surface area (Å²) in [6, 6.07) is 0.495. The Bertz CT molecular complexity index is 253. The number of nitrogens with one attached hydrogen (secondary N) is 2.